The van der Waals surface area contributed by atoms with Crippen LogP contribution in [0, 0.1) is 0 Å². The van der Waals surface area contributed by atoms with E-state index in [1.165, 1.54) is 0 Å². The fourth-order valence-electron chi connectivity index (χ4n) is 4.01. The first-order chi connectivity index (χ1) is 18.0. The van der Waals surface area contributed by atoms with Gasteiger partial charge in [0.15, 0.2) is 12.6 Å². The zero-order chi connectivity index (χ0) is 28.6. The third kappa shape index (κ3) is 8.33. The Balaban J connectivity index is 1.82. The van der Waals surface area contributed by atoms with Crippen LogP contribution in [0.4, 0.5) is 0 Å². The second kappa shape index (κ2) is 15.8. The van der Waals surface area contributed by atoms with Gasteiger partial charge in [0.2, 0.25) is 11.8 Å². The molecule has 7 unspecified atom stereocenters. The fourth-order valence-corrected chi connectivity index (χ4v) is 4.60. The van der Waals surface area contributed by atoms with Gasteiger partial charge in [0.25, 0.3) is 0 Å². The summed E-state index contributed by atoms with van der Waals surface area (Å²) in [6.45, 7) is -0.994. The van der Waals surface area contributed by atoms with E-state index in [1.54, 1.807) is 0 Å². The lowest BCUT2D eigenvalue weighted by atomic mass is 9.97. The van der Waals surface area contributed by atoms with Crippen molar-refractivity contribution in [3.8, 4) is 0 Å². The van der Waals surface area contributed by atoms with Crippen molar-refractivity contribution in [2.24, 2.45) is 0 Å². The highest BCUT2D eigenvalue weighted by molar-refractivity contribution is 7.80. The standard InChI is InChI=1S/C20H38N4O12S2/c25-3-9-13(27)15(29)11(19(33)35-9)23-17(31)7(5-37)21-1-2-22-8(6-38)18(32)24-12-16(30)14(28)10(4-26)36-20(12)34/h7-16,19-22,25-30,33-34,37-38H,1-6H2,(H,23,31)(H,24,32)/t7?,8?,9?,10?,11?,12?,13-,14?,15+,16-,19-,20-/m1/s1. The van der Waals surface area contributed by atoms with Crippen LogP contribution in [0.3, 0.4) is 0 Å². The molecule has 222 valence electrons. The molecule has 0 radical (unpaired) electrons. The largest absolute Gasteiger partial charge is 0.394 e. The number of carbonyl (C=O) groups excluding carboxylic acids is 2. The summed E-state index contributed by atoms with van der Waals surface area (Å²) < 4.78 is 10.0. The quantitative estimate of drug-likeness (QED) is 0.0702. The number of carbonyl (C=O) groups is 2. The predicted molar refractivity (Wildman–Crippen MR) is 135 cm³/mol. The van der Waals surface area contributed by atoms with Gasteiger partial charge in [-0.1, -0.05) is 0 Å². The van der Waals surface area contributed by atoms with Gasteiger partial charge >= 0.3 is 0 Å². The van der Waals surface area contributed by atoms with Crippen molar-refractivity contribution in [2.45, 2.75) is 73.4 Å². The van der Waals surface area contributed by atoms with E-state index in [2.05, 4.69) is 46.5 Å². The number of aliphatic hydroxyl groups excluding tert-OH is 8. The zero-order valence-corrected chi connectivity index (χ0v) is 22.1. The van der Waals surface area contributed by atoms with Gasteiger partial charge in [-0.3, -0.25) is 9.59 Å². The van der Waals surface area contributed by atoms with Crippen molar-refractivity contribution < 1.29 is 59.9 Å². The highest BCUT2D eigenvalue weighted by Crippen LogP contribution is 2.21. The molecule has 2 saturated heterocycles. The number of amides is 2. The zero-order valence-electron chi connectivity index (χ0n) is 20.3. The molecule has 2 heterocycles. The predicted octanol–water partition coefficient (Wildman–Crippen LogP) is -7.41. The lowest BCUT2D eigenvalue weighted by Crippen LogP contribution is -2.66. The molecular formula is C20H38N4O12S2. The first-order valence-electron chi connectivity index (χ1n) is 11.9. The number of hydrogen-bond acceptors (Lipinski definition) is 16. The second-order valence-corrected chi connectivity index (χ2v) is 9.64. The molecule has 12 atom stereocenters. The van der Waals surface area contributed by atoms with Gasteiger partial charge < -0.3 is 71.6 Å². The van der Waals surface area contributed by atoms with Crippen molar-refractivity contribution in [1.29, 1.82) is 0 Å². The minimum Gasteiger partial charge on any atom is -0.394 e. The molecule has 2 amide bonds. The highest BCUT2D eigenvalue weighted by Gasteiger charge is 2.46. The molecule has 0 aromatic heterocycles. The molecule has 18 heteroatoms. The molecule has 0 aromatic carbocycles. The summed E-state index contributed by atoms with van der Waals surface area (Å²) in [6, 6.07) is -4.52. The number of ether oxygens (including phenoxy) is 2. The van der Waals surface area contributed by atoms with E-state index < -0.39 is 98.4 Å². The molecule has 2 aliphatic heterocycles. The Kier molecular flexibility index (Phi) is 13.9. The Labute approximate surface area is 229 Å². The van der Waals surface area contributed by atoms with E-state index in [1.807, 2.05) is 0 Å². The molecule has 38 heavy (non-hydrogen) atoms. The summed E-state index contributed by atoms with van der Waals surface area (Å²) >= 11 is 8.23. The molecule has 0 aromatic rings. The van der Waals surface area contributed by atoms with Crippen LogP contribution >= 0.6 is 25.3 Å². The fraction of sp³-hybridized carbons (Fsp3) is 0.900. The molecule has 0 aliphatic carbocycles. The third-order valence-corrected chi connectivity index (χ3v) is 7.05. The van der Waals surface area contributed by atoms with Gasteiger partial charge in [0.05, 0.1) is 25.3 Å². The summed E-state index contributed by atoms with van der Waals surface area (Å²) in [5, 5.41) is 89.2. The monoisotopic (exact) mass is 590 g/mol. The minimum atomic E-state index is -1.67. The SMILES string of the molecule is O=C(NC1[C@@H](O)C(O)C(CO)O[C@H]1O)C(CS)NCCNC(CS)C(=O)NC1[C@H](O)OC(CO)[C@@H](O)[C@H]1O. The molecular weight excluding hydrogens is 552 g/mol. The van der Waals surface area contributed by atoms with Crippen LogP contribution in [0.1, 0.15) is 0 Å². The number of aliphatic hydroxyl groups is 8. The minimum absolute atomic E-state index is 0.0124. The number of hydrogen-bond donors (Lipinski definition) is 14. The van der Waals surface area contributed by atoms with Crippen LogP contribution in [-0.4, -0.2) is 164 Å². The van der Waals surface area contributed by atoms with Gasteiger partial charge in [-0.25, -0.2) is 0 Å². The van der Waals surface area contributed by atoms with Crippen LogP contribution in [-0.2, 0) is 19.1 Å². The maximum absolute atomic E-state index is 12.6. The molecule has 16 nitrogen and oxygen atoms in total. The smallest absolute Gasteiger partial charge is 0.238 e. The number of rotatable bonds is 13. The summed E-state index contributed by atoms with van der Waals surface area (Å²) in [6.07, 6.45) is -12.0. The van der Waals surface area contributed by atoms with E-state index in [9.17, 15) is 40.2 Å². The number of nitrogens with one attached hydrogen (secondary N) is 4. The van der Waals surface area contributed by atoms with Crippen LogP contribution in [0.25, 0.3) is 0 Å². The van der Waals surface area contributed by atoms with Crippen molar-refractivity contribution >= 4 is 37.1 Å². The molecule has 0 bridgehead atoms. The number of thiol groups is 2. The Morgan fingerprint density at radius 3 is 1.29 bits per heavy atom. The Bertz CT molecular complexity index is 701. The molecule has 0 saturated carbocycles. The van der Waals surface area contributed by atoms with E-state index in [0.29, 0.717) is 0 Å². The average molecular weight is 591 g/mol. The van der Waals surface area contributed by atoms with Crippen LogP contribution in [0.15, 0.2) is 0 Å². The Hall–Kier alpha value is -0.840. The molecule has 2 aliphatic rings. The summed E-state index contributed by atoms with van der Waals surface area (Å²) in [7, 11) is 0. The lowest BCUT2D eigenvalue weighted by molar-refractivity contribution is -0.254. The summed E-state index contributed by atoms with van der Waals surface area (Å²) in [5.74, 6) is -1.30. The summed E-state index contributed by atoms with van der Waals surface area (Å²) in [5.41, 5.74) is 0. The van der Waals surface area contributed by atoms with Crippen molar-refractivity contribution in [3.05, 3.63) is 0 Å². The first kappa shape index (κ1) is 33.4. The topological polar surface area (TPSA) is 263 Å². The second-order valence-electron chi connectivity index (χ2n) is 8.91. The molecule has 2 fully saturated rings. The Morgan fingerprint density at radius 1 is 0.658 bits per heavy atom. The van der Waals surface area contributed by atoms with Gasteiger partial charge in [-0.05, 0) is 0 Å². The molecule has 2 rings (SSSR count). The van der Waals surface area contributed by atoms with Gasteiger partial charge in [0, 0.05) is 24.6 Å². The molecule has 12 N–H and O–H groups in total. The van der Waals surface area contributed by atoms with E-state index in [4.69, 9.17) is 19.7 Å². The summed E-state index contributed by atoms with van der Waals surface area (Å²) in [4.78, 5) is 25.2. The van der Waals surface area contributed by atoms with Gasteiger partial charge in [-0.2, -0.15) is 25.3 Å². The van der Waals surface area contributed by atoms with Gasteiger partial charge in [0.1, 0.15) is 48.7 Å². The normalized spacial score (nSPS) is 37.3. The van der Waals surface area contributed by atoms with Crippen LogP contribution in [0.2, 0.25) is 0 Å². The van der Waals surface area contributed by atoms with E-state index in [-0.39, 0.29) is 24.6 Å². The van der Waals surface area contributed by atoms with Crippen molar-refractivity contribution in [3.63, 3.8) is 0 Å². The van der Waals surface area contributed by atoms with Gasteiger partial charge in [-0.15, -0.1) is 0 Å². The Morgan fingerprint density at radius 2 is 1.00 bits per heavy atom. The molecule has 0 spiro atoms. The maximum Gasteiger partial charge on any atom is 0.238 e. The third-order valence-electron chi connectivity index (χ3n) is 6.32. The highest BCUT2D eigenvalue weighted by atomic mass is 32.1. The van der Waals surface area contributed by atoms with E-state index >= 15 is 0 Å². The van der Waals surface area contributed by atoms with Crippen LogP contribution < -0.4 is 21.3 Å². The van der Waals surface area contributed by atoms with Crippen molar-refractivity contribution in [2.75, 3.05) is 37.8 Å². The lowest BCUT2D eigenvalue weighted by Gasteiger charge is -2.40. The first-order valence-corrected chi connectivity index (χ1v) is 13.2. The van der Waals surface area contributed by atoms with Crippen LogP contribution in [0.5, 0.6) is 0 Å². The van der Waals surface area contributed by atoms with E-state index in [0.717, 1.165) is 0 Å². The maximum atomic E-state index is 12.6. The van der Waals surface area contributed by atoms with Crippen molar-refractivity contribution in [1.82, 2.24) is 21.3 Å². The average Bonchev–Trinajstić information content (AvgIpc) is 2.90.